The molecule has 0 radical (unpaired) electrons. The van der Waals surface area contributed by atoms with Crippen LogP contribution in [0.4, 0.5) is 15.3 Å². The first-order valence-corrected chi connectivity index (χ1v) is 20.1. The number of fused-ring (bicyclic) bond motifs is 2. The number of carbonyl (C=O) groups is 5. The van der Waals surface area contributed by atoms with Gasteiger partial charge < -0.3 is 36.8 Å². The highest BCUT2D eigenvalue weighted by molar-refractivity contribution is 7.97. The van der Waals surface area contributed by atoms with Gasteiger partial charge in [-0.2, -0.15) is 5.10 Å². The normalized spacial score (nSPS) is 12.4. The Hall–Kier alpha value is -6.86. The first-order valence-electron chi connectivity index (χ1n) is 19.2. The fourth-order valence-electron chi connectivity index (χ4n) is 6.47. The molecular weight excluding hydrogens is 793 g/mol. The summed E-state index contributed by atoms with van der Waals surface area (Å²) in [7, 11) is 0. The van der Waals surface area contributed by atoms with Crippen molar-refractivity contribution in [1.82, 2.24) is 39.6 Å². The third-order valence-corrected chi connectivity index (χ3v) is 10.7. The zero-order valence-electron chi connectivity index (χ0n) is 32.5. The summed E-state index contributed by atoms with van der Waals surface area (Å²) in [6, 6.07) is 18.0. The smallest absolute Gasteiger partial charge is 0.328 e. The number of hydrogen-bond acceptors (Lipinski definition) is 11. The second-order valence-corrected chi connectivity index (χ2v) is 15.0. The zero-order valence-corrected chi connectivity index (χ0v) is 33.3. The van der Waals surface area contributed by atoms with Gasteiger partial charge in [0.05, 0.1) is 23.3 Å². The molecule has 19 heteroatoms. The van der Waals surface area contributed by atoms with Crippen molar-refractivity contribution in [3.8, 4) is 22.4 Å². The van der Waals surface area contributed by atoms with Gasteiger partial charge in [-0.1, -0.05) is 43.2 Å². The van der Waals surface area contributed by atoms with Crippen LogP contribution in [0.2, 0.25) is 0 Å². The number of rotatable bonds is 18. The largest absolute Gasteiger partial charge is 0.480 e. The van der Waals surface area contributed by atoms with Crippen molar-refractivity contribution in [2.75, 3.05) is 30.7 Å². The molecule has 60 heavy (non-hydrogen) atoms. The molecule has 1 aliphatic heterocycles. The Kier molecular flexibility index (Phi) is 14.4. The minimum atomic E-state index is -1.32. The topological polar surface area (TPSA) is 255 Å². The molecule has 1 aliphatic rings. The van der Waals surface area contributed by atoms with E-state index in [0.717, 1.165) is 50.3 Å². The van der Waals surface area contributed by atoms with Crippen LogP contribution in [0.25, 0.3) is 33.3 Å². The predicted octanol–water partition coefficient (Wildman–Crippen LogP) is 3.90. The maximum atomic E-state index is 14.0. The molecule has 0 bridgehead atoms. The lowest BCUT2D eigenvalue weighted by atomic mass is 10.00. The lowest BCUT2D eigenvalue weighted by Gasteiger charge is -2.20. The van der Waals surface area contributed by atoms with Gasteiger partial charge in [-0.25, -0.2) is 14.3 Å². The molecule has 5 amide bonds. The number of benzene rings is 2. The lowest BCUT2D eigenvalue weighted by Crippen LogP contribution is -2.44. The number of carbonyl (C=O) groups excluding carboxylic acids is 3. The van der Waals surface area contributed by atoms with Crippen molar-refractivity contribution < 1.29 is 34.2 Å². The molecule has 4 heterocycles. The average Bonchev–Trinajstić information content (AvgIpc) is 3.69. The van der Waals surface area contributed by atoms with Crippen molar-refractivity contribution in [1.29, 1.82) is 0 Å². The Balaban J connectivity index is 1.04. The molecule has 18 nitrogen and oxygen atoms in total. The average molecular weight is 837 g/mol. The number of amides is 5. The van der Waals surface area contributed by atoms with Crippen LogP contribution in [0.15, 0.2) is 90.1 Å². The van der Waals surface area contributed by atoms with Gasteiger partial charge in [-0.05, 0) is 77.9 Å². The van der Waals surface area contributed by atoms with E-state index in [1.54, 1.807) is 41.7 Å². The van der Waals surface area contributed by atoms with Crippen LogP contribution >= 0.6 is 11.9 Å². The summed E-state index contributed by atoms with van der Waals surface area (Å²) in [6.45, 7) is 0.515. The zero-order chi connectivity index (χ0) is 42.6. The Bertz CT molecular complexity index is 2400. The van der Waals surface area contributed by atoms with Crippen LogP contribution in [0, 0.1) is 0 Å². The summed E-state index contributed by atoms with van der Waals surface area (Å²) in [5, 5.41) is 31.6. The number of aliphatic carboxylic acids is 2. The van der Waals surface area contributed by atoms with Gasteiger partial charge in [0.1, 0.15) is 12.6 Å². The van der Waals surface area contributed by atoms with Crippen LogP contribution in [0.1, 0.15) is 36.8 Å². The van der Waals surface area contributed by atoms with Crippen molar-refractivity contribution in [2.45, 2.75) is 51.4 Å². The van der Waals surface area contributed by atoms with E-state index in [2.05, 4.69) is 25.9 Å². The van der Waals surface area contributed by atoms with Crippen LogP contribution in [-0.2, 0) is 34.0 Å². The van der Waals surface area contributed by atoms with E-state index in [0.29, 0.717) is 67.9 Å². The molecule has 0 spiro atoms. The number of nitrogens with one attached hydrogen (secondary N) is 3. The highest BCUT2D eigenvalue weighted by Gasteiger charge is 2.24. The summed E-state index contributed by atoms with van der Waals surface area (Å²) < 4.78 is 2.27. The number of pyridine rings is 2. The summed E-state index contributed by atoms with van der Waals surface area (Å²) in [6.07, 6.45) is 7.90. The second-order valence-electron chi connectivity index (χ2n) is 13.9. The summed E-state index contributed by atoms with van der Waals surface area (Å²) in [5.74, 6) is -3.35. The Morgan fingerprint density at radius 3 is 2.43 bits per heavy atom. The quantitative estimate of drug-likeness (QED) is 0.0542. The first kappa shape index (κ1) is 42.7. The van der Waals surface area contributed by atoms with Crippen LogP contribution in [-0.4, -0.2) is 101 Å². The maximum absolute atomic E-state index is 14.0. The molecule has 7 N–H and O–H groups in total. The molecule has 6 rings (SSSR count). The number of anilines is 1. The minimum absolute atomic E-state index is 0.219. The van der Waals surface area contributed by atoms with E-state index in [1.165, 1.54) is 4.68 Å². The molecule has 0 aliphatic carbocycles. The summed E-state index contributed by atoms with van der Waals surface area (Å²) in [4.78, 5) is 84.3. The Morgan fingerprint density at radius 2 is 1.67 bits per heavy atom. The van der Waals surface area contributed by atoms with E-state index in [1.807, 2.05) is 48.5 Å². The Morgan fingerprint density at radius 1 is 0.883 bits per heavy atom. The van der Waals surface area contributed by atoms with Gasteiger partial charge in [-0.3, -0.25) is 33.5 Å². The third kappa shape index (κ3) is 11.2. The van der Waals surface area contributed by atoms with E-state index in [9.17, 15) is 28.8 Å². The Labute approximate surface area is 348 Å². The predicted molar refractivity (Wildman–Crippen MR) is 224 cm³/mol. The molecule has 0 fully saturated rings. The number of aryl methyl sites for hydroxylation is 1. The van der Waals surface area contributed by atoms with Gasteiger partial charge in [0.25, 0.3) is 5.56 Å². The highest BCUT2D eigenvalue weighted by Crippen LogP contribution is 2.29. The monoisotopic (exact) mass is 836 g/mol. The van der Waals surface area contributed by atoms with E-state index in [4.69, 9.17) is 21.0 Å². The van der Waals surface area contributed by atoms with Gasteiger partial charge in [-0.15, -0.1) is 0 Å². The number of urea groups is 2. The number of nitrogens with zero attached hydrogens (tertiary/aromatic N) is 6. The molecule has 312 valence electrons. The van der Waals surface area contributed by atoms with Crippen molar-refractivity contribution >= 4 is 58.4 Å². The maximum Gasteiger partial charge on any atom is 0.328 e. The third-order valence-electron chi connectivity index (χ3n) is 9.61. The molecule has 1 atom stereocenters. The molecule has 0 saturated heterocycles. The SMILES string of the molecule is NC(CSN(CC(=O)O)C(=O)NCC(=O)NCCCCCCn1nc(-c2ccc(NC(=O)N3Cc4ccncc4C3)cc2)cc(-c2cccc3ncccc23)c1=O)C(=O)O. The first-order chi connectivity index (χ1) is 29.0. The number of carboxylic acids is 2. The van der Waals surface area contributed by atoms with Crippen LogP contribution in [0.3, 0.4) is 0 Å². The number of carboxylic acid groups (broad SMARTS) is 2. The standard InChI is InChI=1S/C41H44N10O8S/c42-33(39(56)57)25-60-51(24-37(53)54)40(58)46-21-36(52)45-15-3-1-2-4-18-50-38(55)32(30-7-5-9-34-31(30)8-6-16-44-34)19-35(48-50)26-10-12-29(13-11-26)47-41(59)49-22-27-14-17-43-20-28(27)23-49/h5-14,16-17,19-20,33H,1-4,15,18,21-25,42H2,(H,45,52)(H,46,58)(H,47,59)(H,53,54)(H,56,57). The number of unbranched alkanes of at least 4 members (excludes halogenated alkanes) is 3. The minimum Gasteiger partial charge on any atom is -0.480 e. The van der Waals surface area contributed by atoms with E-state index < -0.39 is 43.0 Å². The van der Waals surface area contributed by atoms with Gasteiger partial charge in [0.15, 0.2) is 0 Å². The van der Waals surface area contributed by atoms with Crippen LogP contribution < -0.4 is 27.2 Å². The molecule has 0 saturated carbocycles. The second kappa shape index (κ2) is 20.2. The molecule has 2 aromatic carbocycles. The van der Waals surface area contributed by atoms with E-state index in [-0.39, 0.29) is 17.3 Å². The molecule has 1 unspecified atom stereocenters. The van der Waals surface area contributed by atoms with Gasteiger partial charge in [0, 0.05) is 67.2 Å². The number of nitrogens with two attached hydrogens (primary N) is 1. The van der Waals surface area contributed by atoms with Gasteiger partial charge in [0.2, 0.25) is 5.91 Å². The highest BCUT2D eigenvalue weighted by atomic mass is 32.2. The number of hydrogen-bond donors (Lipinski definition) is 6. The molecule has 5 aromatic rings. The summed E-state index contributed by atoms with van der Waals surface area (Å²) in [5.41, 5.74) is 11.2. The fourth-order valence-corrected chi connectivity index (χ4v) is 7.34. The van der Waals surface area contributed by atoms with Crippen LogP contribution in [0.5, 0.6) is 0 Å². The number of aromatic nitrogens is 4. The van der Waals surface area contributed by atoms with Crippen molar-refractivity contribution in [2.24, 2.45) is 5.73 Å². The molecular formula is C41H44N10O8S. The van der Waals surface area contributed by atoms with Crippen molar-refractivity contribution in [3.63, 3.8) is 0 Å². The van der Waals surface area contributed by atoms with Gasteiger partial charge >= 0.3 is 24.0 Å². The summed E-state index contributed by atoms with van der Waals surface area (Å²) >= 11 is 0.637. The fraction of sp³-hybridized carbons (Fsp3) is 0.293. The lowest BCUT2D eigenvalue weighted by molar-refractivity contribution is -0.138. The van der Waals surface area contributed by atoms with E-state index >= 15 is 0 Å². The van der Waals surface area contributed by atoms with Crippen molar-refractivity contribution in [3.05, 3.63) is 107 Å². The molecule has 3 aromatic heterocycles.